The second-order valence-electron chi connectivity index (χ2n) is 5.62. The highest BCUT2D eigenvalue weighted by Crippen LogP contribution is 2.29. The number of amides is 1. The first-order valence-corrected chi connectivity index (χ1v) is 7.56. The van der Waals surface area contributed by atoms with Gasteiger partial charge in [-0.15, -0.1) is 0 Å². The highest BCUT2D eigenvalue weighted by Gasteiger charge is 2.29. The van der Waals surface area contributed by atoms with Crippen LogP contribution in [-0.4, -0.2) is 22.8 Å². The molecule has 0 fully saturated rings. The van der Waals surface area contributed by atoms with Gasteiger partial charge in [-0.3, -0.25) is 14.9 Å². The number of rotatable bonds is 4. The summed E-state index contributed by atoms with van der Waals surface area (Å²) in [6, 6.07) is 10.5. The minimum Gasteiger partial charge on any atom is -0.423 e. The maximum Gasteiger partial charge on any atom is 0.334 e. The minimum absolute atomic E-state index is 0.0815. The molecule has 2 aromatic carbocycles. The SMILES string of the molecule is Cc1ccc(NC(=O)C[C@@H]2Nc3ccccc3OC2=O)cc1[N+](=O)[O-]. The lowest BCUT2D eigenvalue weighted by atomic mass is 10.1. The van der Waals surface area contributed by atoms with Crippen molar-refractivity contribution in [1.82, 2.24) is 0 Å². The molecule has 0 aromatic heterocycles. The molecular weight excluding hydrogens is 326 g/mol. The summed E-state index contributed by atoms with van der Waals surface area (Å²) in [5.74, 6) is -0.589. The lowest BCUT2D eigenvalue weighted by Gasteiger charge is -2.24. The zero-order chi connectivity index (χ0) is 18.0. The van der Waals surface area contributed by atoms with Crippen molar-refractivity contribution in [2.75, 3.05) is 10.6 Å². The van der Waals surface area contributed by atoms with E-state index in [4.69, 9.17) is 4.74 Å². The van der Waals surface area contributed by atoms with Crippen LogP contribution in [0.1, 0.15) is 12.0 Å². The molecule has 128 valence electrons. The number of benzene rings is 2. The molecule has 0 spiro atoms. The van der Waals surface area contributed by atoms with Crippen molar-refractivity contribution in [1.29, 1.82) is 0 Å². The number of hydrogen-bond donors (Lipinski definition) is 2. The van der Waals surface area contributed by atoms with Crippen LogP contribution in [-0.2, 0) is 9.59 Å². The number of esters is 1. The van der Waals surface area contributed by atoms with Gasteiger partial charge < -0.3 is 15.4 Å². The van der Waals surface area contributed by atoms with Gasteiger partial charge in [0.25, 0.3) is 5.69 Å². The van der Waals surface area contributed by atoms with Crippen molar-refractivity contribution in [3.63, 3.8) is 0 Å². The summed E-state index contributed by atoms with van der Waals surface area (Å²) in [6.07, 6.45) is -0.158. The van der Waals surface area contributed by atoms with E-state index in [2.05, 4.69) is 10.6 Å². The number of nitro benzene ring substituents is 1. The lowest BCUT2D eigenvalue weighted by Crippen LogP contribution is -2.39. The van der Waals surface area contributed by atoms with Crippen molar-refractivity contribution in [3.05, 3.63) is 58.1 Å². The number of carbonyl (C=O) groups excluding carboxylic acids is 2. The van der Waals surface area contributed by atoms with Crippen LogP contribution in [0, 0.1) is 17.0 Å². The summed E-state index contributed by atoms with van der Waals surface area (Å²) < 4.78 is 5.19. The highest BCUT2D eigenvalue weighted by molar-refractivity contribution is 5.97. The third kappa shape index (κ3) is 3.57. The Morgan fingerprint density at radius 3 is 2.84 bits per heavy atom. The average molecular weight is 341 g/mol. The van der Waals surface area contributed by atoms with Gasteiger partial charge in [0.05, 0.1) is 17.0 Å². The second-order valence-corrected chi connectivity index (χ2v) is 5.62. The third-order valence-electron chi connectivity index (χ3n) is 3.79. The molecule has 8 nitrogen and oxygen atoms in total. The van der Waals surface area contributed by atoms with Crippen molar-refractivity contribution >= 4 is 28.9 Å². The number of fused-ring (bicyclic) bond motifs is 1. The fraction of sp³-hybridized carbons (Fsp3) is 0.176. The fourth-order valence-corrected chi connectivity index (χ4v) is 2.52. The van der Waals surface area contributed by atoms with E-state index in [-0.39, 0.29) is 12.1 Å². The number of para-hydroxylation sites is 2. The van der Waals surface area contributed by atoms with E-state index in [9.17, 15) is 19.7 Å². The standard InChI is InChI=1S/C17H15N3O5/c1-10-6-7-11(8-14(10)20(23)24)18-16(21)9-13-17(22)25-15-5-3-2-4-12(15)19-13/h2-8,13,19H,9H2,1H3,(H,18,21)/t13-/m0/s1. The van der Waals surface area contributed by atoms with Gasteiger partial charge in [-0.25, -0.2) is 4.79 Å². The molecule has 8 heteroatoms. The van der Waals surface area contributed by atoms with Gasteiger partial charge in [0.1, 0.15) is 6.04 Å². The van der Waals surface area contributed by atoms with Crippen LogP contribution >= 0.6 is 0 Å². The monoisotopic (exact) mass is 341 g/mol. The first-order chi connectivity index (χ1) is 11.9. The van der Waals surface area contributed by atoms with Crippen LogP contribution in [0.3, 0.4) is 0 Å². The van der Waals surface area contributed by atoms with E-state index in [1.165, 1.54) is 6.07 Å². The zero-order valence-corrected chi connectivity index (χ0v) is 13.3. The molecular formula is C17H15N3O5. The summed E-state index contributed by atoms with van der Waals surface area (Å²) in [6.45, 7) is 1.61. The molecule has 1 aliphatic rings. The predicted molar refractivity (Wildman–Crippen MR) is 90.6 cm³/mol. The summed E-state index contributed by atoms with van der Waals surface area (Å²) in [5.41, 5.74) is 1.34. The predicted octanol–water partition coefficient (Wildman–Crippen LogP) is 2.63. The molecule has 0 saturated heterocycles. The van der Waals surface area contributed by atoms with Gasteiger partial charge >= 0.3 is 5.97 Å². The van der Waals surface area contributed by atoms with E-state index >= 15 is 0 Å². The van der Waals surface area contributed by atoms with Crippen molar-refractivity contribution in [3.8, 4) is 5.75 Å². The Labute approximate surface area is 142 Å². The van der Waals surface area contributed by atoms with Gasteiger partial charge in [0, 0.05) is 17.3 Å². The smallest absolute Gasteiger partial charge is 0.334 e. The number of nitrogens with zero attached hydrogens (tertiary/aromatic N) is 1. The highest BCUT2D eigenvalue weighted by atomic mass is 16.6. The first kappa shape index (κ1) is 16.4. The van der Waals surface area contributed by atoms with Crippen molar-refractivity contribution < 1.29 is 19.2 Å². The molecule has 25 heavy (non-hydrogen) atoms. The number of carbonyl (C=O) groups is 2. The molecule has 0 saturated carbocycles. The van der Waals surface area contributed by atoms with E-state index in [0.29, 0.717) is 22.7 Å². The first-order valence-electron chi connectivity index (χ1n) is 7.56. The van der Waals surface area contributed by atoms with Crippen molar-refractivity contribution in [2.45, 2.75) is 19.4 Å². The Morgan fingerprint density at radius 1 is 1.32 bits per heavy atom. The molecule has 0 bridgehead atoms. The van der Waals surface area contributed by atoms with Crippen LogP contribution < -0.4 is 15.4 Å². The summed E-state index contributed by atoms with van der Waals surface area (Å²) in [5, 5.41) is 16.5. The molecule has 1 amide bonds. The average Bonchev–Trinajstić information content (AvgIpc) is 2.57. The number of ether oxygens (including phenoxy) is 1. The maximum absolute atomic E-state index is 12.2. The van der Waals surface area contributed by atoms with E-state index in [1.54, 1.807) is 43.3 Å². The normalized spacial score (nSPS) is 15.6. The number of nitrogens with one attached hydrogen (secondary N) is 2. The number of hydrogen-bond acceptors (Lipinski definition) is 6. The van der Waals surface area contributed by atoms with Crippen LogP contribution in [0.2, 0.25) is 0 Å². The molecule has 0 aliphatic carbocycles. The zero-order valence-electron chi connectivity index (χ0n) is 13.3. The Bertz CT molecular complexity index is 865. The van der Waals surface area contributed by atoms with Gasteiger partial charge in [-0.1, -0.05) is 18.2 Å². The topological polar surface area (TPSA) is 111 Å². The summed E-state index contributed by atoms with van der Waals surface area (Å²) in [7, 11) is 0. The Hall–Kier alpha value is -3.42. The van der Waals surface area contributed by atoms with E-state index < -0.39 is 22.8 Å². The molecule has 2 N–H and O–H groups in total. The van der Waals surface area contributed by atoms with Crippen molar-refractivity contribution in [2.24, 2.45) is 0 Å². The summed E-state index contributed by atoms with van der Waals surface area (Å²) >= 11 is 0. The molecule has 0 unspecified atom stereocenters. The third-order valence-corrected chi connectivity index (χ3v) is 3.79. The number of anilines is 2. The van der Waals surface area contributed by atoms with Gasteiger partial charge in [-0.05, 0) is 25.1 Å². The van der Waals surface area contributed by atoms with Crippen LogP contribution in [0.15, 0.2) is 42.5 Å². The molecule has 3 rings (SSSR count). The largest absolute Gasteiger partial charge is 0.423 e. The van der Waals surface area contributed by atoms with Crippen LogP contribution in [0.4, 0.5) is 17.1 Å². The molecule has 1 aliphatic heterocycles. The Morgan fingerprint density at radius 2 is 2.08 bits per heavy atom. The minimum atomic E-state index is -0.824. The number of aryl methyl sites for hydroxylation is 1. The van der Waals surface area contributed by atoms with Gasteiger partial charge in [0.2, 0.25) is 5.91 Å². The number of nitro groups is 1. The Balaban J connectivity index is 1.68. The molecule has 0 radical (unpaired) electrons. The van der Waals surface area contributed by atoms with Crippen LogP contribution in [0.25, 0.3) is 0 Å². The molecule has 2 aromatic rings. The quantitative estimate of drug-likeness (QED) is 0.383. The molecule has 1 atom stereocenters. The van der Waals surface area contributed by atoms with E-state index in [1.807, 2.05) is 0 Å². The maximum atomic E-state index is 12.2. The van der Waals surface area contributed by atoms with Crippen LogP contribution in [0.5, 0.6) is 5.75 Å². The van der Waals surface area contributed by atoms with Gasteiger partial charge in [-0.2, -0.15) is 0 Å². The Kier molecular flexibility index (Phi) is 4.34. The summed E-state index contributed by atoms with van der Waals surface area (Å²) in [4.78, 5) is 34.6. The van der Waals surface area contributed by atoms with E-state index in [0.717, 1.165) is 0 Å². The molecule has 1 heterocycles. The lowest BCUT2D eigenvalue weighted by molar-refractivity contribution is -0.385. The van der Waals surface area contributed by atoms with Gasteiger partial charge in [0.15, 0.2) is 5.75 Å². The fourth-order valence-electron chi connectivity index (χ4n) is 2.52. The second kappa shape index (κ2) is 6.60.